The fraction of sp³-hybridized carbons (Fsp3) is 0.381. The predicted molar refractivity (Wildman–Crippen MR) is 98.2 cm³/mol. The maximum absolute atomic E-state index is 13.7. The Kier molecular flexibility index (Phi) is 5.99. The number of hydrogen-bond donors (Lipinski definition) is 0. The second-order valence-electron chi connectivity index (χ2n) is 6.93. The smallest absolute Gasteiger partial charge is 0.213 e. The summed E-state index contributed by atoms with van der Waals surface area (Å²) in [4.78, 5) is 7.00. The van der Waals surface area contributed by atoms with Crippen molar-refractivity contribution in [2.24, 2.45) is 0 Å². The van der Waals surface area contributed by atoms with Gasteiger partial charge >= 0.3 is 0 Å². The summed E-state index contributed by atoms with van der Waals surface area (Å²) in [5, 5.41) is 0. The number of rotatable bonds is 6. The van der Waals surface area contributed by atoms with Crippen molar-refractivity contribution in [1.82, 2.24) is 9.88 Å². The minimum absolute atomic E-state index is 0.0274. The molecule has 2 heterocycles. The molecule has 5 heteroatoms. The van der Waals surface area contributed by atoms with E-state index in [0.29, 0.717) is 17.4 Å². The highest BCUT2D eigenvalue weighted by Crippen LogP contribution is 2.28. The molecule has 26 heavy (non-hydrogen) atoms. The highest BCUT2D eigenvalue weighted by molar-refractivity contribution is 5.21. The van der Waals surface area contributed by atoms with Crippen LogP contribution in [0.25, 0.3) is 0 Å². The van der Waals surface area contributed by atoms with Gasteiger partial charge in [0.1, 0.15) is 18.2 Å². The van der Waals surface area contributed by atoms with Crippen molar-refractivity contribution >= 4 is 0 Å². The van der Waals surface area contributed by atoms with Crippen LogP contribution in [0.4, 0.5) is 8.78 Å². The van der Waals surface area contributed by atoms with Crippen LogP contribution in [-0.4, -0.2) is 29.5 Å². The molecule has 0 radical (unpaired) electrons. The molecule has 0 spiro atoms. The van der Waals surface area contributed by atoms with Crippen LogP contribution in [0.2, 0.25) is 0 Å². The summed E-state index contributed by atoms with van der Waals surface area (Å²) in [5.74, 6) is -0.325. The zero-order chi connectivity index (χ0) is 18.5. The Balaban J connectivity index is 1.59. The molecule has 138 valence electrons. The molecule has 3 rings (SSSR count). The third-order valence-corrected chi connectivity index (χ3v) is 4.64. The lowest BCUT2D eigenvalue weighted by Gasteiger charge is -2.31. The maximum Gasteiger partial charge on any atom is 0.213 e. The molecule has 1 aliphatic rings. The number of ether oxygens (including phenoxy) is 1. The molecule has 0 saturated carbocycles. The summed E-state index contributed by atoms with van der Waals surface area (Å²) >= 11 is 0. The lowest BCUT2D eigenvalue weighted by Crippen LogP contribution is -2.34. The lowest BCUT2D eigenvalue weighted by molar-refractivity contribution is 0.225. The van der Waals surface area contributed by atoms with E-state index in [9.17, 15) is 8.78 Å². The molecule has 0 amide bonds. The van der Waals surface area contributed by atoms with Crippen LogP contribution >= 0.6 is 0 Å². The normalized spacial score (nSPS) is 15.8. The van der Waals surface area contributed by atoms with E-state index in [1.165, 1.54) is 17.7 Å². The second kappa shape index (κ2) is 8.41. The van der Waals surface area contributed by atoms with E-state index in [-0.39, 0.29) is 6.61 Å². The van der Waals surface area contributed by atoms with Crippen LogP contribution in [0.15, 0.2) is 48.6 Å². The number of aromatic nitrogens is 1. The average molecular weight is 358 g/mol. The summed E-state index contributed by atoms with van der Waals surface area (Å²) in [6, 6.07) is 9.18. The Morgan fingerprint density at radius 3 is 2.69 bits per heavy atom. The standard InChI is InChI=1S/C21H24F2N2O/c1-15(2)13-25-10-8-16(9-11-25)20-4-3-5-21(24-20)26-14-17-6-7-18(22)12-19(17)23/h3-7,12,16H,1,8-11,13-14H2,2H3. The van der Waals surface area contributed by atoms with Gasteiger partial charge in [0.2, 0.25) is 5.88 Å². The van der Waals surface area contributed by atoms with Gasteiger partial charge in [0, 0.05) is 35.9 Å². The molecule has 3 nitrogen and oxygen atoms in total. The average Bonchev–Trinajstić information content (AvgIpc) is 2.61. The number of benzene rings is 1. The summed E-state index contributed by atoms with van der Waals surface area (Å²) in [7, 11) is 0. The van der Waals surface area contributed by atoms with Crippen molar-refractivity contribution in [2.75, 3.05) is 19.6 Å². The first-order chi connectivity index (χ1) is 12.5. The molecule has 2 aromatic rings. The summed E-state index contributed by atoms with van der Waals surface area (Å²) in [6.45, 7) is 9.07. The van der Waals surface area contributed by atoms with Gasteiger partial charge in [0.25, 0.3) is 0 Å². The maximum atomic E-state index is 13.7. The molecule has 0 unspecified atom stereocenters. The van der Waals surface area contributed by atoms with Crippen LogP contribution < -0.4 is 4.74 Å². The van der Waals surface area contributed by atoms with Gasteiger partial charge in [-0.3, -0.25) is 4.90 Å². The quantitative estimate of drug-likeness (QED) is 0.700. The van der Waals surface area contributed by atoms with E-state index < -0.39 is 11.6 Å². The predicted octanol–water partition coefficient (Wildman–Crippen LogP) is 4.69. The van der Waals surface area contributed by atoms with Crippen molar-refractivity contribution in [3.63, 3.8) is 0 Å². The molecule has 1 saturated heterocycles. The lowest BCUT2D eigenvalue weighted by atomic mass is 9.93. The van der Waals surface area contributed by atoms with Gasteiger partial charge in [-0.15, -0.1) is 0 Å². The van der Waals surface area contributed by atoms with Crippen LogP contribution in [0.1, 0.15) is 36.9 Å². The van der Waals surface area contributed by atoms with E-state index >= 15 is 0 Å². The minimum atomic E-state index is -0.606. The van der Waals surface area contributed by atoms with Crippen LogP contribution in [0, 0.1) is 11.6 Å². The van der Waals surface area contributed by atoms with E-state index in [1.807, 2.05) is 12.1 Å². The summed E-state index contributed by atoms with van der Waals surface area (Å²) in [6.07, 6.45) is 2.10. The molecular weight excluding hydrogens is 334 g/mol. The molecule has 0 N–H and O–H groups in total. The van der Waals surface area contributed by atoms with Crippen LogP contribution in [0.5, 0.6) is 5.88 Å². The monoisotopic (exact) mass is 358 g/mol. The summed E-state index contributed by atoms with van der Waals surface area (Å²) < 4.78 is 32.3. The third kappa shape index (κ3) is 4.88. The van der Waals surface area contributed by atoms with Gasteiger partial charge in [-0.25, -0.2) is 13.8 Å². The van der Waals surface area contributed by atoms with Crippen molar-refractivity contribution in [3.8, 4) is 5.88 Å². The number of hydrogen-bond acceptors (Lipinski definition) is 3. The minimum Gasteiger partial charge on any atom is -0.473 e. The summed E-state index contributed by atoms with van der Waals surface area (Å²) in [5.41, 5.74) is 2.51. The number of likely N-dealkylation sites (tertiary alicyclic amines) is 1. The Hall–Kier alpha value is -2.27. The first-order valence-electron chi connectivity index (χ1n) is 8.91. The molecule has 1 aliphatic heterocycles. The van der Waals surface area contributed by atoms with E-state index in [2.05, 4.69) is 23.4 Å². The second-order valence-corrected chi connectivity index (χ2v) is 6.93. The molecule has 0 atom stereocenters. The van der Waals surface area contributed by atoms with E-state index in [1.54, 1.807) is 6.07 Å². The van der Waals surface area contributed by atoms with E-state index in [4.69, 9.17) is 4.74 Å². The molecule has 0 bridgehead atoms. The van der Waals surface area contributed by atoms with Crippen molar-refractivity contribution in [3.05, 3.63) is 71.4 Å². The van der Waals surface area contributed by atoms with Gasteiger partial charge in [-0.2, -0.15) is 0 Å². The highest BCUT2D eigenvalue weighted by atomic mass is 19.1. The van der Waals surface area contributed by atoms with Gasteiger partial charge in [-0.1, -0.05) is 18.2 Å². The van der Waals surface area contributed by atoms with Crippen molar-refractivity contribution < 1.29 is 13.5 Å². The first kappa shape index (κ1) is 18.5. The first-order valence-corrected chi connectivity index (χ1v) is 8.91. The number of pyridine rings is 1. The molecule has 1 aromatic heterocycles. The Labute approximate surface area is 153 Å². The van der Waals surface area contributed by atoms with Crippen molar-refractivity contribution in [2.45, 2.75) is 32.3 Å². The largest absolute Gasteiger partial charge is 0.473 e. The SMILES string of the molecule is C=C(C)CN1CCC(c2cccc(OCc3ccc(F)cc3F)n2)CC1. The fourth-order valence-electron chi connectivity index (χ4n) is 3.30. The Morgan fingerprint density at radius 1 is 1.23 bits per heavy atom. The molecule has 1 fully saturated rings. The van der Waals surface area contributed by atoms with Crippen LogP contribution in [-0.2, 0) is 6.61 Å². The van der Waals surface area contributed by atoms with Crippen molar-refractivity contribution in [1.29, 1.82) is 0 Å². The number of nitrogens with zero attached hydrogens (tertiary/aromatic N) is 2. The highest BCUT2D eigenvalue weighted by Gasteiger charge is 2.21. The molecule has 0 aliphatic carbocycles. The molecule has 1 aromatic carbocycles. The molecular formula is C21H24F2N2O. The Bertz CT molecular complexity index is 770. The van der Waals surface area contributed by atoms with Gasteiger partial charge in [0.15, 0.2) is 0 Å². The van der Waals surface area contributed by atoms with Gasteiger partial charge < -0.3 is 4.74 Å². The number of halogens is 2. The fourth-order valence-corrected chi connectivity index (χ4v) is 3.30. The zero-order valence-corrected chi connectivity index (χ0v) is 15.0. The van der Waals surface area contributed by atoms with Gasteiger partial charge in [-0.05, 0) is 51.1 Å². The third-order valence-electron chi connectivity index (χ3n) is 4.64. The van der Waals surface area contributed by atoms with E-state index in [0.717, 1.165) is 44.2 Å². The van der Waals surface area contributed by atoms with Gasteiger partial charge in [0.05, 0.1) is 0 Å². The number of piperidine rings is 1. The van der Waals surface area contributed by atoms with Crippen LogP contribution in [0.3, 0.4) is 0 Å². The Morgan fingerprint density at radius 2 is 2.00 bits per heavy atom. The topological polar surface area (TPSA) is 25.4 Å². The zero-order valence-electron chi connectivity index (χ0n) is 15.0.